The molecule has 2 aromatic heterocycles. The summed E-state index contributed by atoms with van der Waals surface area (Å²) in [6.07, 6.45) is 0.151. The molecule has 37 heavy (non-hydrogen) atoms. The SMILES string of the molecule is Cc1ccc(-c2c(C#N)c(N)nc(SCCC(=O)Nc3nc(-c4ccc(Cl)c(Cl)c4)cs3)c2C#N)cc1. The van der Waals surface area contributed by atoms with Gasteiger partial charge < -0.3 is 11.1 Å². The standard InChI is InChI=1S/C26H18Cl2N6OS2/c1-14-2-4-15(5-3-14)23-17(11-29)24(31)34-25(18(23)12-30)36-9-8-22(35)33-26-32-21(13-37-26)16-6-7-19(27)20(28)10-16/h2-7,10,13H,8-9H2,1H3,(H2,31,34)(H,32,33,35). The molecular weight excluding hydrogens is 547 g/mol. The second-order valence-corrected chi connectivity index (χ2v) is 10.6. The van der Waals surface area contributed by atoms with Crippen LogP contribution in [0.4, 0.5) is 10.9 Å². The minimum Gasteiger partial charge on any atom is -0.383 e. The van der Waals surface area contributed by atoms with Crippen LogP contribution in [0, 0.1) is 29.6 Å². The molecule has 0 saturated carbocycles. The highest BCUT2D eigenvalue weighted by atomic mass is 35.5. The van der Waals surface area contributed by atoms with Gasteiger partial charge in [0, 0.05) is 28.7 Å². The summed E-state index contributed by atoms with van der Waals surface area (Å²) >= 11 is 14.6. The minimum absolute atomic E-state index is 0.0432. The number of aryl methyl sites for hydroxylation is 1. The summed E-state index contributed by atoms with van der Waals surface area (Å²) in [7, 11) is 0. The Morgan fingerprint density at radius 1 is 1.05 bits per heavy atom. The summed E-state index contributed by atoms with van der Waals surface area (Å²) in [6, 6.07) is 16.9. The van der Waals surface area contributed by atoms with Gasteiger partial charge in [-0.05, 0) is 24.6 Å². The van der Waals surface area contributed by atoms with Crippen LogP contribution < -0.4 is 11.1 Å². The van der Waals surface area contributed by atoms with E-state index in [4.69, 9.17) is 28.9 Å². The van der Waals surface area contributed by atoms with Gasteiger partial charge in [-0.2, -0.15) is 10.5 Å². The van der Waals surface area contributed by atoms with Gasteiger partial charge in [0.15, 0.2) is 5.13 Å². The van der Waals surface area contributed by atoms with Crippen molar-refractivity contribution in [2.24, 2.45) is 0 Å². The Hall–Kier alpha value is -3.60. The number of carbonyl (C=O) groups excluding carboxylic acids is 1. The molecule has 0 unspecified atom stereocenters. The van der Waals surface area contributed by atoms with Gasteiger partial charge in [-0.15, -0.1) is 23.1 Å². The van der Waals surface area contributed by atoms with Gasteiger partial charge in [0.1, 0.15) is 28.5 Å². The number of nitrogens with one attached hydrogen (secondary N) is 1. The van der Waals surface area contributed by atoms with Gasteiger partial charge in [0.25, 0.3) is 0 Å². The van der Waals surface area contributed by atoms with E-state index in [1.54, 1.807) is 18.2 Å². The number of hydrogen-bond donors (Lipinski definition) is 2. The van der Waals surface area contributed by atoms with Crippen LogP contribution in [0.25, 0.3) is 22.4 Å². The predicted octanol–water partition coefficient (Wildman–Crippen LogP) is 6.93. The van der Waals surface area contributed by atoms with Crippen molar-refractivity contribution in [3.8, 4) is 34.5 Å². The van der Waals surface area contributed by atoms with Crippen molar-refractivity contribution in [1.82, 2.24) is 9.97 Å². The Morgan fingerprint density at radius 2 is 1.76 bits per heavy atom. The third-order valence-corrected chi connectivity index (χ3v) is 7.76. The summed E-state index contributed by atoms with van der Waals surface area (Å²) < 4.78 is 0. The molecule has 4 aromatic rings. The van der Waals surface area contributed by atoms with E-state index < -0.39 is 0 Å². The number of nitriles is 2. The molecule has 0 bridgehead atoms. The molecule has 0 aliphatic rings. The molecule has 7 nitrogen and oxygen atoms in total. The zero-order chi connectivity index (χ0) is 26.5. The maximum Gasteiger partial charge on any atom is 0.226 e. The zero-order valence-electron chi connectivity index (χ0n) is 19.4. The quantitative estimate of drug-likeness (QED) is 0.232. The van der Waals surface area contributed by atoms with Gasteiger partial charge in [0.2, 0.25) is 5.91 Å². The zero-order valence-corrected chi connectivity index (χ0v) is 22.5. The van der Waals surface area contributed by atoms with Crippen LogP contribution in [-0.4, -0.2) is 21.6 Å². The van der Waals surface area contributed by atoms with Crippen molar-refractivity contribution >= 4 is 63.2 Å². The van der Waals surface area contributed by atoms with Crippen molar-refractivity contribution in [3.05, 3.63) is 74.6 Å². The summed E-state index contributed by atoms with van der Waals surface area (Å²) in [5, 5.41) is 25.9. The molecule has 4 rings (SSSR count). The number of amides is 1. The number of nitrogens with zero attached hydrogens (tertiary/aromatic N) is 4. The number of hydrogen-bond acceptors (Lipinski definition) is 8. The second kappa shape index (κ2) is 11.6. The first-order valence-electron chi connectivity index (χ1n) is 10.8. The number of nitrogens with two attached hydrogens (primary N) is 1. The second-order valence-electron chi connectivity index (χ2n) is 7.83. The molecule has 1 amide bonds. The van der Waals surface area contributed by atoms with Gasteiger partial charge >= 0.3 is 0 Å². The highest BCUT2D eigenvalue weighted by molar-refractivity contribution is 7.99. The molecule has 0 saturated heterocycles. The molecule has 11 heteroatoms. The van der Waals surface area contributed by atoms with Crippen LogP contribution in [0.5, 0.6) is 0 Å². The number of pyridine rings is 1. The number of thiazole rings is 1. The van der Waals surface area contributed by atoms with Crippen LogP contribution >= 0.6 is 46.3 Å². The Labute approximate surface area is 231 Å². The molecule has 2 aromatic carbocycles. The van der Waals surface area contributed by atoms with E-state index in [1.807, 2.05) is 36.6 Å². The topological polar surface area (TPSA) is 128 Å². The van der Waals surface area contributed by atoms with E-state index in [-0.39, 0.29) is 29.3 Å². The Kier molecular flexibility index (Phi) is 8.32. The van der Waals surface area contributed by atoms with Gasteiger partial charge in [-0.1, -0.05) is 59.1 Å². The predicted molar refractivity (Wildman–Crippen MR) is 150 cm³/mol. The molecular formula is C26H18Cl2N6OS2. The molecule has 0 aliphatic carbocycles. The number of halogens is 2. The highest BCUT2D eigenvalue weighted by Gasteiger charge is 2.21. The average molecular weight is 566 g/mol. The van der Waals surface area contributed by atoms with Crippen LogP contribution in [0.3, 0.4) is 0 Å². The maximum atomic E-state index is 12.5. The van der Waals surface area contributed by atoms with E-state index in [0.717, 1.165) is 11.1 Å². The van der Waals surface area contributed by atoms with Crippen molar-refractivity contribution in [2.75, 3.05) is 16.8 Å². The molecule has 3 N–H and O–H groups in total. The fourth-order valence-electron chi connectivity index (χ4n) is 3.45. The molecule has 0 spiro atoms. The lowest BCUT2D eigenvalue weighted by Gasteiger charge is -2.13. The van der Waals surface area contributed by atoms with Gasteiger partial charge in [-0.25, -0.2) is 9.97 Å². The molecule has 184 valence electrons. The number of anilines is 2. The first-order valence-corrected chi connectivity index (χ1v) is 13.5. The molecule has 0 radical (unpaired) electrons. The van der Waals surface area contributed by atoms with E-state index >= 15 is 0 Å². The minimum atomic E-state index is -0.235. The number of nitrogen functional groups attached to an aromatic ring is 1. The maximum absolute atomic E-state index is 12.5. The average Bonchev–Trinajstić information content (AvgIpc) is 3.34. The normalized spacial score (nSPS) is 10.5. The summed E-state index contributed by atoms with van der Waals surface area (Å²) in [5.74, 6) is 0.153. The van der Waals surface area contributed by atoms with Crippen LogP contribution in [0.1, 0.15) is 23.1 Å². The number of carbonyl (C=O) groups is 1. The Balaban J connectivity index is 1.46. The molecule has 2 heterocycles. The lowest BCUT2D eigenvalue weighted by molar-refractivity contribution is -0.115. The molecule has 0 atom stereocenters. The van der Waals surface area contributed by atoms with Gasteiger partial charge in [0.05, 0.1) is 21.3 Å². The largest absolute Gasteiger partial charge is 0.383 e. The monoisotopic (exact) mass is 564 g/mol. The van der Waals surface area contributed by atoms with E-state index in [9.17, 15) is 15.3 Å². The van der Waals surface area contributed by atoms with Crippen LogP contribution in [0.15, 0.2) is 52.9 Å². The fourth-order valence-corrected chi connectivity index (χ4v) is 5.42. The highest BCUT2D eigenvalue weighted by Crippen LogP contribution is 2.36. The lowest BCUT2D eigenvalue weighted by Crippen LogP contribution is -2.12. The third-order valence-electron chi connectivity index (χ3n) is 5.29. The first kappa shape index (κ1) is 26.5. The summed E-state index contributed by atoms with van der Waals surface area (Å²) in [6.45, 7) is 1.95. The number of rotatable bonds is 7. The van der Waals surface area contributed by atoms with Crippen LogP contribution in [-0.2, 0) is 4.79 Å². The molecule has 0 aliphatic heterocycles. The number of aromatic nitrogens is 2. The van der Waals surface area contributed by atoms with E-state index in [1.165, 1.54) is 23.1 Å². The first-order chi connectivity index (χ1) is 17.8. The van der Waals surface area contributed by atoms with Crippen molar-refractivity contribution < 1.29 is 4.79 Å². The third kappa shape index (κ3) is 6.04. The Bertz CT molecular complexity index is 1570. The van der Waals surface area contributed by atoms with Crippen molar-refractivity contribution in [2.45, 2.75) is 18.4 Å². The van der Waals surface area contributed by atoms with Gasteiger partial charge in [-0.3, -0.25) is 4.79 Å². The fraction of sp³-hybridized carbons (Fsp3) is 0.115. The number of thioether (sulfide) groups is 1. The van der Waals surface area contributed by atoms with E-state index in [0.29, 0.717) is 42.8 Å². The molecule has 0 fully saturated rings. The van der Waals surface area contributed by atoms with Crippen molar-refractivity contribution in [3.63, 3.8) is 0 Å². The lowest BCUT2D eigenvalue weighted by atomic mass is 9.96. The Morgan fingerprint density at radius 3 is 2.43 bits per heavy atom. The summed E-state index contributed by atoms with van der Waals surface area (Å²) in [4.78, 5) is 21.3. The van der Waals surface area contributed by atoms with Crippen molar-refractivity contribution in [1.29, 1.82) is 10.5 Å². The van der Waals surface area contributed by atoms with E-state index in [2.05, 4.69) is 27.4 Å². The number of benzene rings is 2. The smallest absolute Gasteiger partial charge is 0.226 e. The summed E-state index contributed by atoms with van der Waals surface area (Å²) in [5.41, 5.74) is 10.1. The van der Waals surface area contributed by atoms with Crippen LogP contribution in [0.2, 0.25) is 10.0 Å².